The summed E-state index contributed by atoms with van der Waals surface area (Å²) in [7, 11) is 0. The lowest BCUT2D eigenvalue weighted by atomic mass is 9.96. The first-order valence-electron chi connectivity index (χ1n) is 37.8. The Kier molecular flexibility index (Phi) is 16.0. The first-order valence-corrected chi connectivity index (χ1v) is 37.8. The standard InChI is InChI=1S/C52H34N4.C51H33N5/c1-4-14-35(15-5-1)40-33-46(36-16-6-2-7-17-36)54-47(34-40)39-18-12-21-42(30-39)56-50-28-26-38(32-45(50)52-51(56)24-13-29-53-52)37-25-27-49-44(31-37)43-22-10-11-23-48(43)55(49)41-19-8-3-9-20-41;1-2-13-40(14-3-1)55-47-19-5-4-16-42(47)43-32-35(21-23-48(43)55)36-22-24-49-44(33-36)51-50(20-11-27-54-51)56(49)41-15-10-12-34(31-41)37-28-38(45-17-6-8-25-52-45)30-39(29-37)46-18-7-9-26-53-46/h1-34H;1-33H. The van der Waals surface area contributed by atoms with Gasteiger partial charge in [0.1, 0.15) is 0 Å². The summed E-state index contributed by atoms with van der Waals surface area (Å²) in [4.78, 5) is 24.5. The van der Waals surface area contributed by atoms with Crippen LogP contribution in [0.5, 0.6) is 0 Å². The van der Waals surface area contributed by atoms with E-state index in [1.54, 1.807) is 0 Å². The number of nitrogens with zero attached hydrogens (tertiary/aromatic N) is 9. The number of fused-ring (bicyclic) bond motifs is 12. The highest BCUT2D eigenvalue weighted by Gasteiger charge is 2.22. The van der Waals surface area contributed by atoms with Crippen LogP contribution in [0.1, 0.15) is 0 Å². The van der Waals surface area contributed by atoms with Gasteiger partial charge in [-0.05, 0) is 233 Å². The number of benzene rings is 13. The molecule has 0 aliphatic rings. The molecule has 9 nitrogen and oxygen atoms in total. The molecule has 112 heavy (non-hydrogen) atoms. The maximum atomic E-state index is 5.23. The Morgan fingerprint density at radius 2 is 0.482 bits per heavy atom. The Morgan fingerprint density at radius 1 is 0.152 bits per heavy atom. The molecule has 9 aromatic heterocycles. The summed E-state index contributed by atoms with van der Waals surface area (Å²) in [6, 6.07) is 136. The highest BCUT2D eigenvalue weighted by Crippen LogP contribution is 2.43. The topological polar surface area (TPSA) is 84.2 Å². The highest BCUT2D eigenvalue weighted by molar-refractivity contribution is 6.14. The number of hydrogen-bond acceptors (Lipinski definition) is 5. The number of hydrogen-bond donors (Lipinski definition) is 0. The molecular formula is C103H67N9. The number of para-hydroxylation sites is 4. The molecule has 0 saturated carbocycles. The quantitative estimate of drug-likeness (QED) is 0.122. The van der Waals surface area contributed by atoms with Crippen LogP contribution >= 0.6 is 0 Å². The summed E-state index contributed by atoms with van der Waals surface area (Å²) in [5, 5.41) is 7.19. The molecule has 9 heterocycles. The minimum Gasteiger partial charge on any atom is -0.309 e. The fraction of sp³-hybridized carbons (Fsp3) is 0. The summed E-state index contributed by atoms with van der Waals surface area (Å²) in [6.07, 6.45) is 7.47. The average Bonchev–Trinajstić information content (AvgIpc) is 1.59. The third-order valence-electron chi connectivity index (χ3n) is 21.8. The first kappa shape index (κ1) is 65.1. The van der Waals surface area contributed by atoms with Gasteiger partial charge in [0.15, 0.2) is 0 Å². The average molecular weight is 1430 g/mol. The van der Waals surface area contributed by atoms with Gasteiger partial charge in [-0.25, -0.2) is 4.98 Å². The Morgan fingerprint density at radius 3 is 0.964 bits per heavy atom. The van der Waals surface area contributed by atoms with Crippen LogP contribution in [0.2, 0.25) is 0 Å². The van der Waals surface area contributed by atoms with Gasteiger partial charge in [0.2, 0.25) is 0 Å². The van der Waals surface area contributed by atoms with Crippen molar-refractivity contribution in [3.8, 4) is 112 Å². The molecule has 0 atom stereocenters. The number of pyridine rings is 5. The van der Waals surface area contributed by atoms with E-state index >= 15 is 0 Å². The molecule has 0 aliphatic carbocycles. The zero-order valence-corrected chi connectivity index (χ0v) is 60.7. The molecule has 0 saturated heterocycles. The van der Waals surface area contributed by atoms with Crippen molar-refractivity contribution in [3.05, 3.63) is 407 Å². The molecule has 0 fully saturated rings. The minimum atomic E-state index is 0.924. The molecule has 22 aromatic rings. The molecular weight excluding hydrogens is 1360 g/mol. The maximum Gasteiger partial charge on any atom is 0.0963 e. The molecule has 0 N–H and O–H groups in total. The molecule has 0 aliphatic heterocycles. The van der Waals surface area contributed by atoms with Crippen LogP contribution in [0.3, 0.4) is 0 Å². The molecule has 0 unspecified atom stereocenters. The van der Waals surface area contributed by atoms with Gasteiger partial charge < -0.3 is 18.3 Å². The number of aromatic nitrogens is 9. The molecule has 0 bridgehead atoms. The fourth-order valence-corrected chi connectivity index (χ4v) is 16.6. The Labute approximate surface area is 645 Å². The third-order valence-corrected chi connectivity index (χ3v) is 21.8. The van der Waals surface area contributed by atoms with E-state index in [0.717, 1.165) is 145 Å². The van der Waals surface area contributed by atoms with Gasteiger partial charge >= 0.3 is 0 Å². The van der Waals surface area contributed by atoms with Crippen molar-refractivity contribution in [2.75, 3.05) is 0 Å². The predicted molar refractivity (Wildman–Crippen MR) is 463 cm³/mol. The van der Waals surface area contributed by atoms with E-state index in [4.69, 9.17) is 15.0 Å². The molecule has 0 spiro atoms. The van der Waals surface area contributed by atoms with Crippen molar-refractivity contribution < 1.29 is 0 Å². The van der Waals surface area contributed by atoms with Gasteiger partial charge in [-0.15, -0.1) is 0 Å². The molecule has 524 valence electrons. The van der Waals surface area contributed by atoms with Crippen LogP contribution in [-0.4, -0.2) is 43.2 Å². The van der Waals surface area contributed by atoms with Crippen molar-refractivity contribution >= 4 is 87.5 Å². The lowest BCUT2D eigenvalue weighted by molar-refractivity contribution is 1.17. The van der Waals surface area contributed by atoms with E-state index in [-0.39, 0.29) is 0 Å². The molecule has 9 heteroatoms. The highest BCUT2D eigenvalue weighted by atomic mass is 15.0. The molecule has 0 amide bonds. The zero-order chi connectivity index (χ0) is 74.0. The van der Waals surface area contributed by atoms with Crippen LogP contribution in [-0.2, 0) is 0 Å². The van der Waals surface area contributed by atoms with Crippen molar-refractivity contribution in [2.45, 2.75) is 0 Å². The van der Waals surface area contributed by atoms with Gasteiger partial charge in [0.05, 0.1) is 77.9 Å². The second-order valence-electron chi connectivity index (χ2n) is 28.4. The van der Waals surface area contributed by atoms with Crippen molar-refractivity contribution in [1.82, 2.24) is 43.2 Å². The second kappa shape index (κ2) is 27.5. The van der Waals surface area contributed by atoms with E-state index < -0.39 is 0 Å². The Balaban J connectivity index is 0.000000141. The third kappa shape index (κ3) is 11.5. The lowest BCUT2D eigenvalue weighted by Gasteiger charge is -2.13. The minimum absolute atomic E-state index is 0.924. The van der Waals surface area contributed by atoms with Crippen molar-refractivity contribution in [3.63, 3.8) is 0 Å². The van der Waals surface area contributed by atoms with Crippen molar-refractivity contribution in [1.29, 1.82) is 0 Å². The van der Waals surface area contributed by atoms with Crippen LogP contribution in [0, 0.1) is 0 Å². The molecule has 0 radical (unpaired) electrons. The summed E-state index contributed by atoms with van der Waals surface area (Å²) < 4.78 is 9.39. The number of rotatable bonds is 12. The summed E-state index contributed by atoms with van der Waals surface area (Å²) in [6.45, 7) is 0. The zero-order valence-electron chi connectivity index (χ0n) is 60.7. The Bertz CT molecular complexity index is 6790. The largest absolute Gasteiger partial charge is 0.309 e. The van der Waals surface area contributed by atoms with E-state index in [9.17, 15) is 0 Å². The SMILES string of the molecule is c1ccc(-c2cc(-c3ccccc3)nc(-c3cccc(-n4c5ccc(-c6ccc7c(c6)c6ccccc6n7-c6ccccc6)cc5c5ncccc54)c3)c2)cc1.c1ccc(-n2c3ccccc3c3cc(-c4ccc5c(c4)c4ncccc4n5-c4cccc(-c5cc(-c6ccccn6)cc(-c6ccccn6)c5)c4)ccc32)cc1. The van der Waals surface area contributed by atoms with Crippen LogP contribution in [0.25, 0.3) is 200 Å². The maximum absolute atomic E-state index is 5.23. The van der Waals surface area contributed by atoms with Gasteiger partial charge in [0, 0.05) is 102 Å². The van der Waals surface area contributed by atoms with Crippen LogP contribution < -0.4 is 0 Å². The van der Waals surface area contributed by atoms with E-state index in [0.29, 0.717) is 0 Å². The fourth-order valence-electron chi connectivity index (χ4n) is 16.6. The van der Waals surface area contributed by atoms with Gasteiger partial charge in [-0.3, -0.25) is 19.9 Å². The molecule has 22 rings (SSSR count). The summed E-state index contributed by atoms with van der Waals surface area (Å²) >= 11 is 0. The molecule has 13 aromatic carbocycles. The summed E-state index contributed by atoms with van der Waals surface area (Å²) in [5.41, 5.74) is 32.7. The summed E-state index contributed by atoms with van der Waals surface area (Å²) in [5.74, 6) is 0. The lowest BCUT2D eigenvalue weighted by Crippen LogP contribution is -1.96. The second-order valence-corrected chi connectivity index (χ2v) is 28.4. The van der Waals surface area contributed by atoms with Gasteiger partial charge in [-0.2, -0.15) is 0 Å². The van der Waals surface area contributed by atoms with E-state index in [2.05, 4.69) is 368 Å². The van der Waals surface area contributed by atoms with Crippen molar-refractivity contribution in [2.24, 2.45) is 0 Å². The van der Waals surface area contributed by atoms with Gasteiger partial charge in [0.25, 0.3) is 0 Å². The van der Waals surface area contributed by atoms with Crippen LogP contribution in [0.4, 0.5) is 0 Å². The normalized spacial score (nSPS) is 11.6. The van der Waals surface area contributed by atoms with E-state index in [1.807, 2.05) is 67.3 Å². The van der Waals surface area contributed by atoms with Gasteiger partial charge in [-0.1, -0.05) is 194 Å². The van der Waals surface area contributed by atoms with E-state index in [1.165, 1.54) is 54.7 Å². The van der Waals surface area contributed by atoms with Crippen LogP contribution in [0.15, 0.2) is 407 Å². The smallest absolute Gasteiger partial charge is 0.0963 e. The predicted octanol–water partition coefficient (Wildman–Crippen LogP) is 26.1. The monoisotopic (exact) mass is 1430 g/mol. The first-order chi connectivity index (χ1) is 55.5. The Hall–Kier alpha value is -15.2.